The number of aromatic nitrogens is 2. The van der Waals surface area contributed by atoms with Gasteiger partial charge in [0.05, 0.1) is 0 Å². The first-order chi connectivity index (χ1) is 11.7. The van der Waals surface area contributed by atoms with Crippen molar-refractivity contribution >= 4 is 30.9 Å². The molecule has 3 aromatic rings. The van der Waals surface area contributed by atoms with Crippen LogP contribution in [0.4, 0.5) is 0 Å². The summed E-state index contributed by atoms with van der Waals surface area (Å²) in [5, 5.41) is 0. The standard InChI is InChI=1S/C17H15BrN2O3Se/c1-21-13-8-11(9-14(22-2)17(13)23-3)16-15(19-24-20-16)10-4-6-12(18)7-5-10/h4-9H,1-3H3. The fraction of sp³-hybridized carbons (Fsp3) is 0.176. The molecular formula is C17H15BrN2O3Se. The zero-order valence-electron chi connectivity index (χ0n) is 13.4. The van der Waals surface area contributed by atoms with Gasteiger partial charge in [0.25, 0.3) is 0 Å². The van der Waals surface area contributed by atoms with Gasteiger partial charge in [0.15, 0.2) is 0 Å². The van der Waals surface area contributed by atoms with Gasteiger partial charge in [-0.1, -0.05) is 0 Å². The molecule has 0 saturated heterocycles. The Morgan fingerprint density at radius 1 is 0.792 bits per heavy atom. The van der Waals surface area contributed by atoms with Crippen LogP contribution in [0.1, 0.15) is 0 Å². The Balaban J connectivity index is 2.14. The zero-order valence-corrected chi connectivity index (χ0v) is 16.7. The molecule has 0 saturated carbocycles. The van der Waals surface area contributed by atoms with Crippen LogP contribution in [-0.2, 0) is 0 Å². The Morgan fingerprint density at radius 2 is 1.33 bits per heavy atom. The fourth-order valence-corrected chi connectivity index (χ4v) is 3.89. The minimum absolute atomic E-state index is 0.155. The third-order valence-electron chi connectivity index (χ3n) is 3.54. The molecule has 0 spiro atoms. The quantitative estimate of drug-likeness (QED) is 0.552. The van der Waals surface area contributed by atoms with Crippen molar-refractivity contribution in [1.29, 1.82) is 0 Å². The number of hydrogen-bond acceptors (Lipinski definition) is 5. The summed E-state index contributed by atoms with van der Waals surface area (Å²) < 4.78 is 26.5. The van der Waals surface area contributed by atoms with Gasteiger partial charge in [0.1, 0.15) is 0 Å². The summed E-state index contributed by atoms with van der Waals surface area (Å²) in [6, 6.07) is 11.8. The van der Waals surface area contributed by atoms with Crippen LogP contribution in [0.15, 0.2) is 40.9 Å². The van der Waals surface area contributed by atoms with Crippen LogP contribution < -0.4 is 14.2 Å². The molecule has 1 heterocycles. The molecule has 7 heteroatoms. The third kappa shape index (κ3) is 3.20. The molecule has 1 aromatic heterocycles. The van der Waals surface area contributed by atoms with Gasteiger partial charge in [-0.15, -0.1) is 0 Å². The van der Waals surface area contributed by atoms with E-state index in [1.165, 1.54) is 0 Å². The first kappa shape index (κ1) is 17.0. The predicted molar refractivity (Wildman–Crippen MR) is 97.2 cm³/mol. The maximum absolute atomic E-state index is 5.43. The van der Waals surface area contributed by atoms with E-state index in [2.05, 4.69) is 23.9 Å². The van der Waals surface area contributed by atoms with Crippen molar-refractivity contribution < 1.29 is 14.2 Å². The van der Waals surface area contributed by atoms with Crippen LogP contribution in [0.3, 0.4) is 0 Å². The summed E-state index contributed by atoms with van der Waals surface area (Å²) in [7, 11) is 4.79. The van der Waals surface area contributed by atoms with Crippen molar-refractivity contribution in [1.82, 2.24) is 7.96 Å². The van der Waals surface area contributed by atoms with E-state index in [0.717, 1.165) is 27.0 Å². The van der Waals surface area contributed by atoms with Crippen molar-refractivity contribution in [2.75, 3.05) is 21.3 Å². The average molecular weight is 454 g/mol. The Hall–Kier alpha value is -1.82. The molecular weight excluding hydrogens is 439 g/mol. The van der Waals surface area contributed by atoms with E-state index in [-0.39, 0.29) is 15.0 Å². The molecule has 0 aliphatic rings. The van der Waals surface area contributed by atoms with Gasteiger partial charge < -0.3 is 0 Å². The van der Waals surface area contributed by atoms with E-state index in [9.17, 15) is 0 Å². The van der Waals surface area contributed by atoms with Crippen molar-refractivity contribution in [2.24, 2.45) is 0 Å². The fourth-order valence-electron chi connectivity index (χ4n) is 2.39. The Morgan fingerprint density at radius 3 is 1.83 bits per heavy atom. The van der Waals surface area contributed by atoms with Crippen molar-refractivity contribution in [3.63, 3.8) is 0 Å². The van der Waals surface area contributed by atoms with Gasteiger partial charge in [0.2, 0.25) is 0 Å². The second-order valence-electron chi connectivity index (χ2n) is 4.88. The van der Waals surface area contributed by atoms with Gasteiger partial charge in [-0.2, -0.15) is 0 Å². The average Bonchev–Trinajstić information content (AvgIpc) is 3.10. The van der Waals surface area contributed by atoms with Crippen LogP contribution in [0.5, 0.6) is 17.2 Å². The first-order valence-electron chi connectivity index (χ1n) is 7.06. The normalized spacial score (nSPS) is 10.5. The van der Waals surface area contributed by atoms with Crippen molar-refractivity contribution in [2.45, 2.75) is 0 Å². The number of ether oxygens (including phenoxy) is 3. The molecule has 0 aliphatic heterocycles. The SMILES string of the molecule is COc1cc(-c2n[se]nc2-c2ccc(Br)cc2)cc(OC)c1OC. The molecule has 24 heavy (non-hydrogen) atoms. The number of nitrogens with zero attached hydrogens (tertiary/aromatic N) is 2. The number of benzene rings is 2. The molecule has 0 N–H and O–H groups in total. The molecule has 0 amide bonds. The molecule has 124 valence electrons. The van der Waals surface area contributed by atoms with Crippen LogP contribution >= 0.6 is 15.9 Å². The van der Waals surface area contributed by atoms with Crippen LogP contribution in [0, 0.1) is 0 Å². The summed E-state index contributed by atoms with van der Waals surface area (Å²) in [5.41, 5.74) is 3.66. The topological polar surface area (TPSA) is 53.5 Å². The molecule has 3 rings (SSSR count). The van der Waals surface area contributed by atoms with E-state index in [4.69, 9.17) is 14.2 Å². The number of rotatable bonds is 5. The predicted octanol–water partition coefficient (Wildman–Crippen LogP) is 3.66. The van der Waals surface area contributed by atoms with Crippen LogP contribution in [0.2, 0.25) is 0 Å². The van der Waals surface area contributed by atoms with Gasteiger partial charge in [0, 0.05) is 0 Å². The van der Waals surface area contributed by atoms with Crippen molar-refractivity contribution in [3.8, 4) is 39.8 Å². The minimum atomic E-state index is -0.155. The van der Waals surface area contributed by atoms with Gasteiger partial charge in [-0.3, -0.25) is 0 Å². The second kappa shape index (κ2) is 7.38. The third-order valence-corrected chi connectivity index (χ3v) is 5.18. The molecule has 2 aromatic carbocycles. The second-order valence-corrected chi connectivity index (χ2v) is 6.91. The zero-order chi connectivity index (χ0) is 17.1. The summed E-state index contributed by atoms with van der Waals surface area (Å²) in [5.74, 6) is 1.77. The van der Waals surface area contributed by atoms with Gasteiger partial charge in [-0.25, -0.2) is 0 Å². The number of hydrogen-bond donors (Lipinski definition) is 0. The molecule has 0 fully saturated rings. The van der Waals surface area contributed by atoms with Crippen LogP contribution in [-0.4, -0.2) is 44.2 Å². The van der Waals surface area contributed by atoms with E-state index in [1.807, 2.05) is 36.4 Å². The number of halogens is 1. The molecule has 0 atom stereocenters. The first-order valence-corrected chi connectivity index (χ1v) is 9.39. The van der Waals surface area contributed by atoms with E-state index >= 15 is 0 Å². The van der Waals surface area contributed by atoms with Crippen LogP contribution in [0.25, 0.3) is 22.5 Å². The summed E-state index contributed by atoms with van der Waals surface area (Å²) in [6.07, 6.45) is 0. The van der Waals surface area contributed by atoms with Gasteiger partial charge >= 0.3 is 155 Å². The molecule has 5 nitrogen and oxygen atoms in total. The van der Waals surface area contributed by atoms with E-state index in [1.54, 1.807) is 21.3 Å². The summed E-state index contributed by atoms with van der Waals surface area (Å²) >= 11 is 3.30. The Kier molecular flexibility index (Phi) is 5.23. The van der Waals surface area contributed by atoms with Crippen molar-refractivity contribution in [3.05, 3.63) is 40.9 Å². The summed E-state index contributed by atoms with van der Waals surface area (Å²) in [4.78, 5) is 0. The molecule has 0 bridgehead atoms. The summed E-state index contributed by atoms with van der Waals surface area (Å²) in [6.45, 7) is 0. The van der Waals surface area contributed by atoms with E-state index < -0.39 is 0 Å². The molecule has 0 aliphatic carbocycles. The monoisotopic (exact) mass is 454 g/mol. The van der Waals surface area contributed by atoms with Gasteiger partial charge in [-0.05, 0) is 0 Å². The Labute approximate surface area is 154 Å². The van der Waals surface area contributed by atoms with E-state index in [0.29, 0.717) is 17.2 Å². The number of methoxy groups -OCH3 is 3. The maximum atomic E-state index is 5.43. The molecule has 0 unspecified atom stereocenters. The Bertz CT molecular complexity index is 824. The molecule has 0 radical (unpaired) electrons.